The van der Waals surface area contributed by atoms with Gasteiger partial charge in [-0.05, 0) is 52.3 Å². The molecular formula is C16H24BrClN2O2. The molecule has 22 heavy (non-hydrogen) atoms. The van der Waals surface area contributed by atoms with Gasteiger partial charge >= 0.3 is 6.09 Å². The number of carbonyl (C=O) groups excluding carboxylic acids is 1. The molecule has 1 rings (SSSR count). The average Bonchev–Trinajstić information content (AvgIpc) is 2.33. The smallest absolute Gasteiger partial charge is 0.407 e. The Morgan fingerprint density at radius 2 is 2.00 bits per heavy atom. The number of hydrogen-bond acceptors (Lipinski definition) is 3. The summed E-state index contributed by atoms with van der Waals surface area (Å²) in [5, 5.41) is 6.87. The fourth-order valence-electron chi connectivity index (χ4n) is 1.88. The second-order valence-corrected chi connectivity index (χ2v) is 7.67. The van der Waals surface area contributed by atoms with Crippen LogP contribution in [0.3, 0.4) is 0 Å². The highest BCUT2D eigenvalue weighted by Crippen LogP contribution is 2.26. The fourth-order valence-corrected chi connectivity index (χ4v) is 2.71. The second kappa shape index (κ2) is 8.18. The van der Waals surface area contributed by atoms with Crippen LogP contribution in [0.5, 0.6) is 0 Å². The van der Waals surface area contributed by atoms with E-state index in [1.807, 2.05) is 52.8 Å². The molecule has 0 radical (unpaired) electrons. The molecule has 0 bridgehead atoms. The molecule has 0 aromatic heterocycles. The van der Waals surface area contributed by atoms with Crippen LogP contribution in [0.1, 0.15) is 46.2 Å². The molecule has 2 N–H and O–H groups in total. The van der Waals surface area contributed by atoms with Gasteiger partial charge in [-0.15, -0.1) is 0 Å². The first-order valence-corrected chi connectivity index (χ1v) is 8.43. The Balaban J connectivity index is 2.46. The summed E-state index contributed by atoms with van der Waals surface area (Å²) in [4.78, 5) is 11.7. The molecule has 0 spiro atoms. The molecule has 0 fully saturated rings. The molecule has 2 atom stereocenters. The summed E-state index contributed by atoms with van der Waals surface area (Å²) < 4.78 is 6.18. The predicted molar refractivity (Wildman–Crippen MR) is 94.4 cm³/mol. The second-order valence-electron chi connectivity index (χ2n) is 6.34. The summed E-state index contributed by atoms with van der Waals surface area (Å²) in [6.07, 6.45) is -0.406. The van der Waals surface area contributed by atoms with Crippen LogP contribution in [0.4, 0.5) is 4.79 Å². The Bertz CT molecular complexity index is 517. The van der Waals surface area contributed by atoms with E-state index in [1.54, 1.807) is 0 Å². The first-order chi connectivity index (χ1) is 10.1. The first-order valence-electron chi connectivity index (χ1n) is 7.26. The van der Waals surface area contributed by atoms with E-state index >= 15 is 0 Å². The maximum atomic E-state index is 11.7. The Morgan fingerprint density at radius 3 is 2.55 bits per heavy atom. The molecule has 0 heterocycles. The molecule has 0 saturated carbocycles. The summed E-state index contributed by atoms with van der Waals surface area (Å²) in [5.41, 5.74) is 0.532. The van der Waals surface area contributed by atoms with Gasteiger partial charge in [-0.3, -0.25) is 0 Å². The molecule has 0 aliphatic carbocycles. The summed E-state index contributed by atoms with van der Waals surface area (Å²) in [6, 6.07) is 5.85. The topological polar surface area (TPSA) is 50.4 Å². The third kappa shape index (κ3) is 6.99. The highest BCUT2D eigenvalue weighted by molar-refractivity contribution is 9.10. The SMILES string of the molecule is CC(CNC(C)c1ccc(Br)cc1Cl)NC(=O)OC(C)(C)C. The van der Waals surface area contributed by atoms with Crippen molar-refractivity contribution in [1.82, 2.24) is 10.6 Å². The first kappa shape index (κ1) is 19.3. The Morgan fingerprint density at radius 1 is 1.36 bits per heavy atom. The molecular weight excluding hydrogens is 368 g/mol. The minimum absolute atomic E-state index is 0.0495. The van der Waals surface area contributed by atoms with Gasteiger partial charge in [0.15, 0.2) is 0 Å². The van der Waals surface area contributed by atoms with E-state index in [1.165, 1.54) is 0 Å². The predicted octanol–water partition coefficient (Wildman–Crippen LogP) is 4.67. The third-order valence-electron chi connectivity index (χ3n) is 2.92. The maximum absolute atomic E-state index is 11.7. The van der Waals surface area contributed by atoms with Crippen molar-refractivity contribution in [2.75, 3.05) is 6.54 Å². The Hall–Kier alpha value is -0.780. The summed E-state index contributed by atoms with van der Waals surface area (Å²) in [5.74, 6) is 0. The summed E-state index contributed by atoms with van der Waals surface area (Å²) in [7, 11) is 0. The number of rotatable bonds is 5. The van der Waals surface area contributed by atoms with Gasteiger partial charge in [0.05, 0.1) is 0 Å². The molecule has 6 heteroatoms. The van der Waals surface area contributed by atoms with Crippen molar-refractivity contribution < 1.29 is 9.53 Å². The van der Waals surface area contributed by atoms with Gasteiger partial charge in [0.2, 0.25) is 0 Å². The van der Waals surface area contributed by atoms with Crippen molar-refractivity contribution in [3.8, 4) is 0 Å². The van der Waals surface area contributed by atoms with E-state index < -0.39 is 11.7 Å². The highest BCUT2D eigenvalue weighted by atomic mass is 79.9. The summed E-state index contributed by atoms with van der Waals surface area (Å²) >= 11 is 9.63. The molecule has 0 aliphatic rings. The van der Waals surface area contributed by atoms with Crippen molar-refractivity contribution in [1.29, 1.82) is 0 Å². The highest BCUT2D eigenvalue weighted by Gasteiger charge is 2.18. The van der Waals surface area contributed by atoms with E-state index in [0.717, 1.165) is 10.0 Å². The van der Waals surface area contributed by atoms with Crippen LogP contribution < -0.4 is 10.6 Å². The van der Waals surface area contributed by atoms with E-state index in [4.69, 9.17) is 16.3 Å². The third-order valence-corrected chi connectivity index (χ3v) is 3.74. The number of carbonyl (C=O) groups is 1. The van der Waals surface area contributed by atoms with Crippen LogP contribution in [0, 0.1) is 0 Å². The quantitative estimate of drug-likeness (QED) is 0.767. The largest absolute Gasteiger partial charge is 0.444 e. The zero-order chi connectivity index (χ0) is 16.9. The maximum Gasteiger partial charge on any atom is 0.407 e. The molecule has 0 saturated heterocycles. The number of nitrogens with one attached hydrogen (secondary N) is 2. The zero-order valence-corrected chi connectivity index (χ0v) is 16.0. The standard InChI is InChI=1S/C16H24BrClN2O2/c1-10(20-15(21)22-16(3,4)5)9-19-11(2)13-7-6-12(17)8-14(13)18/h6-8,10-11,19H,9H2,1-5H3,(H,20,21). The molecule has 1 aromatic carbocycles. The Kier molecular flexibility index (Phi) is 7.16. The monoisotopic (exact) mass is 390 g/mol. The van der Waals surface area contributed by atoms with Crippen molar-refractivity contribution in [2.24, 2.45) is 0 Å². The summed E-state index contributed by atoms with van der Waals surface area (Å²) in [6.45, 7) is 10.1. The molecule has 0 aliphatic heterocycles. The zero-order valence-electron chi connectivity index (χ0n) is 13.7. The molecule has 124 valence electrons. The normalized spacial score (nSPS) is 14.3. The van der Waals surface area contributed by atoms with Crippen LogP contribution in [0.25, 0.3) is 0 Å². The number of amides is 1. The van der Waals surface area contributed by atoms with Gasteiger partial charge < -0.3 is 15.4 Å². The fraction of sp³-hybridized carbons (Fsp3) is 0.562. The average molecular weight is 392 g/mol. The van der Waals surface area contributed by atoms with Gasteiger partial charge in [0, 0.05) is 28.1 Å². The van der Waals surface area contributed by atoms with Crippen molar-refractivity contribution in [3.05, 3.63) is 33.3 Å². The lowest BCUT2D eigenvalue weighted by Crippen LogP contribution is -2.43. The number of alkyl carbamates (subject to hydrolysis) is 1. The van der Waals surface area contributed by atoms with E-state index in [-0.39, 0.29) is 12.1 Å². The van der Waals surface area contributed by atoms with Gasteiger partial charge in [0.25, 0.3) is 0 Å². The van der Waals surface area contributed by atoms with Crippen molar-refractivity contribution in [3.63, 3.8) is 0 Å². The van der Waals surface area contributed by atoms with Crippen LogP contribution in [-0.4, -0.2) is 24.3 Å². The number of halogens is 2. The van der Waals surface area contributed by atoms with E-state index in [2.05, 4.69) is 26.6 Å². The van der Waals surface area contributed by atoms with E-state index in [0.29, 0.717) is 11.6 Å². The van der Waals surface area contributed by atoms with Crippen LogP contribution in [0.2, 0.25) is 5.02 Å². The minimum atomic E-state index is -0.491. The number of ether oxygens (including phenoxy) is 1. The lowest BCUT2D eigenvalue weighted by molar-refractivity contribution is 0.0507. The van der Waals surface area contributed by atoms with Gasteiger partial charge in [0.1, 0.15) is 5.60 Å². The van der Waals surface area contributed by atoms with Crippen molar-refractivity contribution in [2.45, 2.75) is 52.3 Å². The lowest BCUT2D eigenvalue weighted by Gasteiger charge is -2.23. The number of hydrogen-bond donors (Lipinski definition) is 2. The molecule has 2 unspecified atom stereocenters. The molecule has 1 aromatic rings. The Labute approximate surface area is 146 Å². The van der Waals surface area contributed by atoms with Gasteiger partial charge in [-0.1, -0.05) is 33.6 Å². The van der Waals surface area contributed by atoms with Crippen LogP contribution in [-0.2, 0) is 4.74 Å². The number of benzene rings is 1. The van der Waals surface area contributed by atoms with E-state index in [9.17, 15) is 4.79 Å². The molecule has 4 nitrogen and oxygen atoms in total. The minimum Gasteiger partial charge on any atom is -0.444 e. The van der Waals surface area contributed by atoms with Gasteiger partial charge in [-0.25, -0.2) is 4.79 Å². The van der Waals surface area contributed by atoms with Gasteiger partial charge in [-0.2, -0.15) is 0 Å². The lowest BCUT2D eigenvalue weighted by atomic mass is 10.1. The van der Waals surface area contributed by atoms with Crippen LogP contribution in [0.15, 0.2) is 22.7 Å². The molecule has 1 amide bonds. The van der Waals surface area contributed by atoms with Crippen LogP contribution >= 0.6 is 27.5 Å². The van der Waals surface area contributed by atoms with Crippen molar-refractivity contribution >= 4 is 33.6 Å².